The summed E-state index contributed by atoms with van der Waals surface area (Å²) < 4.78 is 4.89. The van der Waals surface area contributed by atoms with Gasteiger partial charge in [0, 0.05) is 33.7 Å². The highest BCUT2D eigenvalue weighted by Crippen LogP contribution is 2.00. The van der Waals surface area contributed by atoms with Crippen molar-refractivity contribution in [1.82, 2.24) is 9.80 Å². The molecule has 0 aliphatic rings. The van der Waals surface area contributed by atoms with Crippen molar-refractivity contribution in [3.63, 3.8) is 0 Å². The van der Waals surface area contributed by atoms with Crippen molar-refractivity contribution >= 4 is 11.8 Å². The van der Waals surface area contributed by atoms with E-state index in [9.17, 15) is 9.59 Å². The summed E-state index contributed by atoms with van der Waals surface area (Å²) in [7, 11) is 3.30. The summed E-state index contributed by atoms with van der Waals surface area (Å²) in [6, 6.07) is 0.0391. The van der Waals surface area contributed by atoms with Crippen molar-refractivity contribution in [1.29, 1.82) is 0 Å². The molecule has 0 aromatic rings. The number of carbonyl (C=O) groups excluding carboxylic acids is 2. The molecule has 0 atom stereocenters. The van der Waals surface area contributed by atoms with Gasteiger partial charge in [-0.1, -0.05) is 0 Å². The number of hydrogen-bond donors (Lipinski definition) is 0. The molecule has 0 radical (unpaired) electrons. The quantitative estimate of drug-likeness (QED) is 0.661. The lowest BCUT2D eigenvalue weighted by atomic mass is 10.3. The minimum absolute atomic E-state index is 0.0391. The first kappa shape index (κ1) is 14.9. The van der Waals surface area contributed by atoms with Crippen LogP contribution in [-0.2, 0) is 14.3 Å². The number of amides is 2. The average molecular weight is 230 g/mol. The summed E-state index contributed by atoms with van der Waals surface area (Å²) in [5.41, 5.74) is 0. The maximum atomic E-state index is 11.7. The number of ether oxygens (including phenoxy) is 1. The molecule has 5 nitrogen and oxygen atoms in total. The minimum Gasteiger partial charge on any atom is -0.383 e. The number of likely N-dealkylation sites (N-methyl/N-ethyl adjacent to an activating group) is 1. The molecule has 5 heteroatoms. The Morgan fingerprint density at radius 2 is 1.88 bits per heavy atom. The standard InChI is InChI=1S/C11H22N2O3/c1-9(2)13(10(3)14)8-11(15)12(4)6-7-16-5/h9H,6-8H2,1-5H3. The molecule has 94 valence electrons. The van der Waals surface area contributed by atoms with Crippen LogP contribution in [0.1, 0.15) is 20.8 Å². The predicted octanol–water partition coefficient (Wildman–Crippen LogP) is 0.348. The molecule has 16 heavy (non-hydrogen) atoms. The average Bonchev–Trinajstić information content (AvgIpc) is 2.20. The fourth-order valence-corrected chi connectivity index (χ4v) is 1.28. The lowest BCUT2D eigenvalue weighted by molar-refractivity contribution is -0.140. The zero-order valence-corrected chi connectivity index (χ0v) is 10.8. The highest BCUT2D eigenvalue weighted by atomic mass is 16.5. The Labute approximate surface area is 97.3 Å². The van der Waals surface area contributed by atoms with Crippen molar-refractivity contribution in [2.75, 3.05) is 33.9 Å². The first-order valence-corrected chi connectivity index (χ1v) is 5.40. The van der Waals surface area contributed by atoms with E-state index >= 15 is 0 Å². The second kappa shape index (κ2) is 7.22. The highest BCUT2D eigenvalue weighted by Gasteiger charge is 2.18. The molecule has 0 spiro atoms. The van der Waals surface area contributed by atoms with E-state index in [1.54, 1.807) is 24.0 Å². The van der Waals surface area contributed by atoms with Gasteiger partial charge in [-0.2, -0.15) is 0 Å². The lowest BCUT2D eigenvalue weighted by Crippen LogP contribution is -2.44. The van der Waals surface area contributed by atoms with Gasteiger partial charge < -0.3 is 14.5 Å². The van der Waals surface area contributed by atoms with Crippen LogP contribution < -0.4 is 0 Å². The third-order valence-electron chi connectivity index (χ3n) is 2.39. The highest BCUT2D eigenvalue weighted by molar-refractivity contribution is 5.83. The van der Waals surface area contributed by atoms with Gasteiger partial charge in [-0.3, -0.25) is 9.59 Å². The Morgan fingerprint density at radius 1 is 1.31 bits per heavy atom. The molecule has 0 aliphatic heterocycles. The molecule has 0 rings (SSSR count). The molecule has 0 aromatic heterocycles. The second-order valence-electron chi connectivity index (χ2n) is 4.05. The van der Waals surface area contributed by atoms with Gasteiger partial charge in [0.1, 0.15) is 0 Å². The van der Waals surface area contributed by atoms with E-state index < -0.39 is 0 Å². The molecular formula is C11H22N2O3. The Morgan fingerprint density at radius 3 is 2.25 bits per heavy atom. The van der Waals surface area contributed by atoms with Crippen molar-refractivity contribution in [3.8, 4) is 0 Å². The van der Waals surface area contributed by atoms with Gasteiger partial charge in [0.05, 0.1) is 13.2 Å². The van der Waals surface area contributed by atoms with E-state index in [4.69, 9.17) is 4.74 Å². The molecule has 0 bridgehead atoms. The van der Waals surface area contributed by atoms with Gasteiger partial charge in [0.2, 0.25) is 11.8 Å². The number of nitrogens with zero attached hydrogens (tertiary/aromatic N) is 2. The summed E-state index contributed by atoms with van der Waals surface area (Å²) in [6.07, 6.45) is 0. The molecule has 0 saturated heterocycles. The Bertz CT molecular complexity index is 241. The number of methoxy groups -OCH3 is 1. The molecule has 0 fully saturated rings. The maximum absolute atomic E-state index is 11.7. The van der Waals surface area contributed by atoms with Crippen LogP contribution in [0.3, 0.4) is 0 Å². The van der Waals surface area contributed by atoms with Crippen LogP contribution in [-0.4, -0.2) is 61.5 Å². The van der Waals surface area contributed by atoms with Crippen molar-refractivity contribution in [3.05, 3.63) is 0 Å². The van der Waals surface area contributed by atoms with E-state index in [0.717, 1.165) is 0 Å². The summed E-state index contributed by atoms with van der Waals surface area (Å²) >= 11 is 0. The minimum atomic E-state index is -0.0801. The van der Waals surface area contributed by atoms with Crippen LogP contribution in [0.5, 0.6) is 0 Å². The monoisotopic (exact) mass is 230 g/mol. The van der Waals surface area contributed by atoms with E-state index in [2.05, 4.69) is 0 Å². The molecule has 0 saturated carbocycles. The number of hydrogen-bond acceptors (Lipinski definition) is 3. The smallest absolute Gasteiger partial charge is 0.242 e. The van der Waals surface area contributed by atoms with Crippen LogP contribution >= 0.6 is 0 Å². The van der Waals surface area contributed by atoms with Crippen molar-refractivity contribution in [2.24, 2.45) is 0 Å². The summed E-state index contributed by atoms with van der Waals surface area (Å²) in [5, 5.41) is 0. The fraction of sp³-hybridized carbons (Fsp3) is 0.818. The first-order valence-electron chi connectivity index (χ1n) is 5.40. The normalized spacial score (nSPS) is 10.4. The summed E-state index contributed by atoms with van der Waals surface area (Å²) in [5.74, 6) is -0.149. The van der Waals surface area contributed by atoms with Crippen LogP contribution in [0.15, 0.2) is 0 Å². The van der Waals surface area contributed by atoms with E-state index in [1.165, 1.54) is 6.92 Å². The second-order valence-corrected chi connectivity index (χ2v) is 4.05. The molecule has 0 aliphatic carbocycles. The van der Waals surface area contributed by atoms with Gasteiger partial charge in [-0.25, -0.2) is 0 Å². The van der Waals surface area contributed by atoms with Crippen LogP contribution in [0, 0.1) is 0 Å². The predicted molar refractivity (Wildman–Crippen MR) is 62.0 cm³/mol. The topological polar surface area (TPSA) is 49.9 Å². The number of carbonyl (C=O) groups is 2. The van der Waals surface area contributed by atoms with E-state index in [0.29, 0.717) is 13.2 Å². The largest absolute Gasteiger partial charge is 0.383 e. The maximum Gasteiger partial charge on any atom is 0.242 e. The summed E-state index contributed by atoms with van der Waals surface area (Å²) in [4.78, 5) is 26.2. The van der Waals surface area contributed by atoms with Crippen LogP contribution in [0.4, 0.5) is 0 Å². The van der Waals surface area contributed by atoms with Crippen LogP contribution in [0.25, 0.3) is 0 Å². The molecule has 0 aromatic carbocycles. The van der Waals surface area contributed by atoms with E-state index in [1.807, 2.05) is 13.8 Å². The zero-order chi connectivity index (χ0) is 12.7. The molecule has 0 heterocycles. The van der Waals surface area contributed by atoms with Gasteiger partial charge >= 0.3 is 0 Å². The Hall–Kier alpha value is -1.10. The fourth-order valence-electron chi connectivity index (χ4n) is 1.28. The van der Waals surface area contributed by atoms with Gasteiger partial charge in [-0.15, -0.1) is 0 Å². The third-order valence-corrected chi connectivity index (χ3v) is 2.39. The lowest BCUT2D eigenvalue weighted by Gasteiger charge is -2.27. The van der Waals surface area contributed by atoms with Crippen LogP contribution in [0.2, 0.25) is 0 Å². The molecule has 0 unspecified atom stereocenters. The van der Waals surface area contributed by atoms with E-state index in [-0.39, 0.29) is 24.4 Å². The Balaban J connectivity index is 4.24. The van der Waals surface area contributed by atoms with Gasteiger partial charge in [0.15, 0.2) is 0 Å². The third kappa shape index (κ3) is 5.11. The molecule has 2 amide bonds. The van der Waals surface area contributed by atoms with Crippen molar-refractivity contribution in [2.45, 2.75) is 26.8 Å². The molecular weight excluding hydrogens is 208 g/mol. The molecule has 0 N–H and O–H groups in total. The van der Waals surface area contributed by atoms with Gasteiger partial charge in [0.25, 0.3) is 0 Å². The number of rotatable bonds is 6. The zero-order valence-electron chi connectivity index (χ0n) is 10.8. The van der Waals surface area contributed by atoms with Crippen molar-refractivity contribution < 1.29 is 14.3 Å². The summed E-state index contributed by atoms with van der Waals surface area (Å²) in [6.45, 7) is 6.44. The van der Waals surface area contributed by atoms with Gasteiger partial charge in [-0.05, 0) is 13.8 Å². The SMILES string of the molecule is COCCN(C)C(=O)CN(C(C)=O)C(C)C. The Kier molecular flexibility index (Phi) is 6.72. The first-order chi connectivity index (χ1) is 7.40.